The number of hydrogen-bond donors (Lipinski definition) is 1. The maximum absolute atomic E-state index is 12.1. The second-order valence-corrected chi connectivity index (χ2v) is 6.55. The van der Waals surface area contributed by atoms with Crippen molar-refractivity contribution >= 4 is 29.3 Å². The van der Waals surface area contributed by atoms with E-state index in [9.17, 15) is 4.79 Å². The van der Waals surface area contributed by atoms with Crippen LogP contribution in [-0.2, 0) is 17.6 Å². The van der Waals surface area contributed by atoms with Gasteiger partial charge in [0.15, 0.2) is 6.61 Å². The molecule has 0 bridgehead atoms. The van der Waals surface area contributed by atoms with Crippen molar-refractivity contribution in [2.45, 2.75) is 38.1 Å². The Bertz CT molecular complexity index is 743. The second-order valence-electron chi connectivity index (χ2n) is 6.55. The third-order valence-electron chi connectivity index (χ3n) is 4.87. The number of likely N-dealkylation sites (tertiary alicyclic amines) is 1. The fraction of sp³-hybridized carbons (Fsp3) is 0.500. The Balaban J connectivity index is 0.00000169. The third kappa shape index (κ3) is 3.23. The lowest BCUT2D eigenvalue weighted by Gasteiger charge is -2.16. The van der Waals surface area contributed by atoms with Gasteiger partial charge in [0.25, 0.3) is 5.91 Å². The second kappa shape index (κ2) is 7.03. The van der Waals surface area contributed by atoms with Crippen molar-refractivity contribution in [1.29, 1.82) is 0 Å². The van der Waals surface area contributed by atoms with Crippen LogP contribution in [0.25, 0.3) is 11.0 Å². The van der Waals surface area contributed by atoms with Crippen molar-refractivity contribution in [2.75, 3.05) is 19.7 Å². The Morgan fingerprint density at radius 2 is 2.17 bits per heavy atom. The first-order valence-electron chi connectivity index (χ1n) is 8.41. The summed E-state index contributed by atoms with van der Waals surface area (Å²) in [5, 5.41) is 1.13. The molecule has 2 aromatic rings. The van der Waals surface area contributed by atoms with E-state index in [1.54, 1.807) is 4.90 Å². The van der Waals surface area contributed by atoms with Crippen LogP contribution >= 0.6 is 12.4 Å². The molecule has 2 heterocycles. The molecular weight excluding hydrogens is 328 g/mol. The molecule has 1 amide bonds. The van der Waals surface area contributed by atoms with Crippen LogP contribution in [0, 0.1) is 0 Å². The van der Waals surface area contributed by atoms with Crippen LogP contribution in [0.5, 0.6) is 5.75 Å². The van der Waals surface area contributed by atoms with E-state index >= 15 is 0 Å². The standard InChI is InChI=1S/C18H22N2O3.ClH/c19-12-7-8-20(10-12)18(21)11-22-13-5-6-17-15(9-13)14-3-1-2-4-16(14)23-17;/h5-6,9,12H,1-4,7-8,10-11,19H2;1H/t12-;/m1./s1. The summed E-state index contributed by atoms with van der Waals surface area (Å²) in [6, 6.07) is 5.93. The highest BCUT2D eigenvalue weighted by Gasteiger charge is 2.24. The maximum Gasteiger partial charge on any atom is 0.260 e. The predicted molar refractivity (Wildman–Crippen MR) is 94.8 cm³/mol. The highest BCUT2D eigenvalue weighted by Crippen LogP contribution is 2.33. The van der Waals surface area contributed by atoms with Crippen molar-refractivity contribution in [3.8, 4) is 5.75 Å². The van der Waals surface area contributed by atoms with Crippen molar-refractivity contribution in [2.24, 2.45) is 5.73 Å². The molecule has 24 heavy (non-hydrogen) atoms. The highest BCUT2D eigenvalue weighted by molar-refractivity contribution is 5.85. The molecule has 5 nitrogen and oxygen atoms in total. The number of carbonyl (C=O) groups excluding carboxylic acids is 1. The Kier molecular flexibility index (Phi) is 5.01. The van der Waals surface area contributed by atoms with Gasteiger partial charge in [-0.1, -0.05) is 0 Å². The van der Waals surface area contributed by atoms with Gasteiger partial charge < -0.3 is 19.8 Å². The smallest absolute Gasteiger partial charge is 0.260 e. The minimum atomic E-state index is 0. The van der Waals surface area contributed by atoms with Crippen LogP contribution in [0.1, 0.15) is 30.6 Å². The van der Waals surface area contributed by atoms with E-state index in [0.29, 0.717) is 6.54 Å². The van der Waals surface area contributed by atoms with E-state index < -0.39 is 0 Å². The van der Waals surface area contributed by atoms with Gasteiger partial charge >= 0.3 is 0 Å². The number of nitrogens with zero attached hydrogens (tertiary/aromatic N) is 1. The summed E-state index contributed by atoms with van der Waals surface area (Å²) in [5.74, 6) is 1.85. The minimum Gasteiger partial charge on any atom is -0.484 e. The van der Waals surface area contributed by atoms with Crippen molar-refractivity contribution in [3.63, 3.8) is 0 Å². The number of ether oxygens (including phenoxy) is 1. The van der Waals surface area contributed by atoms with Gasteiger partial charge in [-0.2, -0.15) is 0 Å². The molecule has 1 aromatic heterocycles. The van der Waals surface area contributed by atoms with Gasteiger partial charge in [0.2, 0.25) is 0 Å². The topological polar surface area (TPSA) is 68.7 Å². The number of fused-ring (bicyclic) bond motifs is 3. The van der Waals surface area contributed by atoms with Gasteiger partial charge in [0.1, 0.15) is 17.1 Å². The number of halogens is 1. The molecule has 1 atom stereocenters. The number of nitrogens with two attached hydrogens (primary N) is 1. The minimum absolute atomic E-state index is 0. The summed E-state index contributed by atoms with van der Waals surface area (Å²) in [5.41, 5.74) is 8.07. The first-order valence-corrected chi connectivity index (χ1v) is 8.41. The predicted octanol–water partition coefficient (Wildman–Crippen LogP) is 2.67. The van der Waals surface area contributed by atoms with Gasteiger partial charge in [0.05, 0.1) is 0 Å². The lowest BCUT2D eigenvalue weighted by Crippen LogP contribution is -2.35. The Morgan fingerprint density at radius 3 is 2.96 bits per heavy atom. The van der Waals surface area contributed by atoms with Crippen molar-refractivity contribution < 1.29 is 13.9 Å². The number of amides is 1. The molecule has 0 saturated carbocycles. The largest absolute Gasteiger partial charge is 0.484 e. The molecule has 1 aliphatic carbocycles. The van der Waals surface area contributed by atoms with E-state index in [-0.39, 0.29) is 31.0 Å². The summed E-state index contributed by atoms with van der Waals surface area (Å²) in [6.45, 7) is 1.44. The van der Waals surface area contributed by atoms with E-state index in [1.165, 1.54) is 18.4 Å². The summed E-state index contributed by atoms with van der Waals surface area (Å²) < 4.78 is 11.6. The maximum atomic E-state index is 12.1. The molecule has 1 fully saturated rings. The average Bonchev–Trinajstić information content (AvgIpc) is 3.16. The SMILES string of the molecule is Cl.N[C@@H]1CCN(C(=O)COc2ccc3oc4c(c3c2)CCCC4)C1. The summed E-state index contributed by atoms with van der Waals surface area (Å²) in [7, 11) is 0. The molecule has 0 unspecified atom stereocenters. The zero-order chi connectivity index (χ0) is 15.8. The molecular formula is C18H23ClN2O3. The van der Waals surface area contributed by atoms with Gasteiger partial charge in [-0.05, 0) is 43.9 Å². The average molecular weight is 351 g/mol. The number of benzene rings is 1. The Hall–Kier alpha value is -1.72. The lowest BCUT2D eigenvalue weighted by molar-refractivity contribution is -0.132. The van der Waals surface area contributed by atoms with Crippen LogP contribution in [0.4, 0.5) is 0 Å². The molecule has 2 N–H and O–H groups in total. The Labute approximate surface area is 147 Å². The first kappa shape index (κ1) is 17.1. The zero-order valence-electron chi connectivity index (χ0n) is 13.6. The van der Waals surface area contributed by atoms with Gasteiger partial charge in [-0.3, -0.25) is 4.79 Å². The fourth-order valence-corrected chi connectivity index (χ4v) is 3.58. The normalized spacial score (nSPS) is 19.9. The van der Waals surface area contributed by atoms with E-state index in [0.717, 1.165) is 48.3 Å². The zero-order valence-corrected chi connectivity index (χ0v) is 14.4. The van der Waals surface area contributed by atoms with Crippen LogP contribution in [-0.4, -0.2) is 36.5 Å². The monoisotopic (exact) mass is 350 g/mol. The van der Waals surface area contributed by atoms with Crippen molar-refractivity contribution in [3.05, 3.63) is 29.5 Å². The molecule has 0 radical (unpaired) electrons. The summed E-state index contributed by atoms with van der Waals surface area (Å²) in [6.07, 6.45) is 5.37. The van der Waals surface area contributed by atoms with Crippen LogP contribution in [0.15, 0.2) is 22.6 Å². The fourth-order valence-electron chi connectivity index (χ4n) is 3.58. The first-order chi connectivity index (χ1) is 11.2. The van der Waals surface area contributed by atoms with E-state index in [1.807, 2.05) is 18.2 Å². The third-order valence-corrected chi connectivity index (χ3v) is 4.87. The number of aryl methyl sites for hydroxylation is 2. The van der Waals surface area contributed by atoms with E-state index in [4.69, 9.17) is 14.9 Å². The summed E-state index contributed by atoms with van der Waals surface area (Å²) in [4.78, 5) is 13.9. The van der Waals surface area contributed by atoms with Gasteiger partial charge in [-0.15, -0.1) is 12.4 Å². The van der Waals surface area contributed by atoms with Gasteiger partial charge in [0, 0.05) is 36.5 Å². The molecule has 0 spiro atoms. The van der Waals surface area contributed by atoms with Crippen LogP contribution in [0.2, 0.25) is 0 Å². The van der Waals surface area contributed by atoms with Gasteiger partial charge in [-0.25, -0.2) is 0 Å². The molecule has 1 aliphatic heterocycles. The quantitative estimate of drug-likeness (QED) is 0.924. The van der Waals surface area contributed by atoms with Crippen LogP contribution in [0.3, 0.4) is 0 Å². The number of hydrogen-bond acceptors (Lipinski definition) is 4. The molecule has 1 saturated heterocycles. The molecule has 2 aliphatic rings. The molecule has 1 aromatic carbocycles. The Morgan fingerprint density at radius 1 is 1.33 bits per heavy atom. The number of furan rings is 1. The number of rotatable bonds is 3. The highest BCUT2D eigenvalue weighted by atomic mass is 35.5. The molecule has 6 heteroatoms. The lowest BCUT2D eigenvalue weighted by atomic mass is 9.96. The van der Waals surface area contributed by atoms with Crippen molar-refractivity contribution in [1.82, 2.24) is 4.90 Å². The van der Waals surface area contributed by atoms with Crippen LogP contribution < -0.4 is 10.5 Å². The molecule has 130 valence electrons. The molecule has 4 rings (SSSR count). The summed E-state index contributed by atoms with van der Waals surface area (Å²) >= 11 is 0. The number of carbonyl (C=O) groups is 1. The van der Waals surface area contributed by atoms with E-state index in [2.05, 4.69) is 0 Å².